The van der Waals surface area contributed by atoms with Crippen molar-refractivity contribution in [3.8, 4) is 0 Å². The Morgan fingerprint density at radius 3 is 2.37 bits per heavy atom. The summed E-state index contributed by atoms with van der Waals surface area (Å²) >= 11 is 5.60. The maximum atomic E-state index is 13.1. The molecular formula is C12H18ClFN2O2S. The molecule has 0 aliphatic heterocycles. The van der Waals surface area contributed by atoms with E-state index in [1.165, 1.54) is 6.07 Å². The molecular weight excluding hydrogens is 291 g/mol. The highest BCUT2D eigenvalue weighted by Gasteiger charge is 2.31. The molecule has 0 atom stereocenters. The van der Waals surface area contributed by atoms with Crippen molar-refractivity contribution in [3.05, 3.63) is 29.0 Å². The van der Waals surface area contributed by atoms with E-state index in [2.05, 4.69) is 4.72 Å². The predicted molar refractivity (Wildman–Crippen MR) is 74.1 cm³/mol. The molecule has 4 nitrogen and oxygen atoms in total. The first-order valence-electron chi connectivity index (χ1n) is 5.99. The SMILES string of the molecule is CCC(CC)(CN)NS(=O)(=O)c1ccc(F)c(Cl)c1. The summed E-state index contributed by atoms with van der Waals surface area (Å²) in [5.74, 6) is -0.656. The Bertz CT molecular complexity index is 536. The van der Waals surface area contributed by atoms with Gasteiger partial charge in [0.2, 0.25) is 10.0 Å². The van der Waals surface area contributed by atoms with Gasteiger partial charge in [-0.15, -0.1) is 0 Å². The zero-order valence-electron chi connectivity index (χ0n) is 10.9. The molecule has 0 aliphatic carbocycles. The molecule has 0 unspecified atom stereocenters. The normalized spacial score (nSPS) is 12.7. The molecule has 0 amide bonds. The molecule has 1 rings (SSSR count). The minimum atomic E-state index is -3.77. The van der Waals surface area contributed by atoms with Crippen molar-refractivity contribution >= 4 is 21.6 Å². The van der Waals surface area contributed by atoms with E-state index in [9.17, 15) is 12.8 Å². The van der Waals surface area contributed by atoms with Crippen LogP contribution in [0.1, 0.15) is 26.7 Å². The fourth-order valence-corrected chi connectivity index (χ4v) is 3.54. The van der Waals surface area contributed by atoms with E-state index in [1.807, 2.05) is 13.8 Å². The van der Waals surface area contributed by atoms with Crippen LogP contribution in [0.2, 0.25) is 5.02 Å². The van der Waals surface area contributed by atoms with Gasteiger partial charge in [0, 0.05) is 12.1 Å². The number of nitrogens with one attached hydrogen (secondary N) is 1. The lowest BCUT2D eigenvalue weighted by Gasteiger charge is -2.31. The van der Waals surface area contributed by atoms with Gasteiger partial charge < -0.3 is 5.73 Å². The van der Waals surface area contributed by atoms with Gasteiger partial charge in [0.05, 0.1) is 9.92 Å². The van der Waals surface area contributed by atoms with Crippen LogP contribution in [-0.4, -0.2) is 20.5 Å². The van der Waals surface area contributed by atoms with Gasteiger partial charge in [-0.2, -0.15) is 0 Å². The van der Waals surface area contributed by atoms with Crippen LogP contribution in [0.25, 0.3) is 0 Å². The monoisotopic (exact) mass is 308 g/mol. The number of rotatable bonds is 6. The molecule has 3 N–H and O–H groups in total. The second-order valence-corrected chi connectivity index (χ2v) is 6.46. The highest BCUT2D eigenvalue weighted by atomic mass is 35.5. The Hall–Kier alpha value is -0.690. The van der Waals surface area contributed by atoms with Gasteiger partial charge in [0.25, 0.3) is 0 Å². The average molecular weight is 309 g/mol. The first-order valence-corrected chi connectivity index (χ1v) is 7.85. The molecule has 19 heavy (non-hydrogen) atoms. The molecule has 0 radical (unpaired) electrons. The van der Waals surface area contributed by atoms with Crippen molar-refractivity contribution in [2.45, 2.75) is 37.1 Å². The number of nitrogens with two attached hydrogens (primary N) is 1. The fraction of sp³-hybridized carbons (Fsp3) is 0.500. The smallest absolute Gasteiger partial charge is 0.241 e. The van der Waals surface area contributed by atoms with Gasteiger partial charge in [-0.25, -0.2) is 17.5 Å². The Morgan fingerprint density at radius 1 is 1.37 bits per heavy atom. The highest BCUT2D eigenvalue weighted by molar-refractivity contribution is 7.89. The van der Waals surface area contributed by atoms with Crippen LogP contribution in [0.3, 0.4) is 0 Å². The number of hydrogen-bond donors (Lipinski definition) is 2. The highest BCUT2D eigenvalue weighted by Crippen LogP contribution is 2.22. The van der Waals surface area contributed by atoms with Gasteiger partial charge in [-0.05, 0) is 31.0 Å². The lowest BCUT2D eigenvalue weighted by atomic mass is 9.95. The van der Waals surface area contributed by atoms with Crippen molar-refractivity contribution in [2.24, 2.45) is 5.73 Å². The molecule has 108 valence electrons. The number of halogens is 2. The van der Waals surface area contributed by atoms with E-state index in [-0.39, 0.29) is 16.5 Å². The third-order valence-corrected chi connectivity index (χ3v) is 5.16. The molecule has 7 heteroatoms. The molecule has 0 saturated heterocycles. The Kier molecular flexibility index (Phi) is 5.32. The lowest BCUT2D eigenvalue weighted by Crippen LogP contribution is -2.52. The maximum absolute atomic E-state index is 13.1. The van der Waals surface area contributed by atoms with E-state index in [0.29, 0.717) is 12.8 Å². The first-order chi connectivity index (χ1) is 8.80. The second-order valence-electron chi connectivity index (χ2n) is 4.37. The number of sulfonamides is 1. The largest absolute Gasteiger partial charge is 0.329 e. The summed E-state index contributed by atoms with van der Waals surface area (Å²) < 4.78 is 40.1. The standard InChI is InChI=1S/C12H18ClFN2O2S/c1-3-12(4-2,8-15)16-19(17,18)9-5-6-11(14)10(13)7-9/h5-7,16H,3-4,8,15H2,1-2H3. The van der Waals surface area contributed by atoms with Gasteiger partial charge in [0.15, 0.2) is 0 Å². The molecule has 0 heterocycles. The molecule has 0 bridgehead atoms. The zero-order chi connectivity index (χ0) is 14.7. The summed E-state index contributed by atoms with van der Waals surface area (Å²) in [6.45, 7) is 3.90. The summed E-state index contributed by atoms with van der Waals surface area (Å²) in [6.07, 6.45) is 1.13. The quantitative estimate of drug-likeness (QED) is 0.847. The van der Waals surface area contributed by atoms with E-state index in [0.717, 1.165) is 12.1 Å². The minimum Gasteiger partial charge on any atom is -0.329 e. The van der Waals surface area contributed by atoms with Crippen LogP contribution < -0.4 is 10.5 Å². The van der Waals surface area contributed by atoms with Gasteiger partial charge >= 0.3 is 0 Å². The van der Waals surface area contributed by atoms with Gasteiger partial charge in [-0.1, -0.05) is 25.4 Å². The van der Waals surface area contributed by atoms with Crippen LogP contribution in [0.5, 0.6) is 0 Å². The minimum absolute atomic E-state index is 0.0707. The predicted octanol–water partition coefficient (Wildman–Crippen LogP) is 2.27. The van der Waals surface area contributed by atoms with Crippen molar-refractivity contribution in [1.82, 2.24) is 4.72 Å². The third kappa shape index (κ3) is 3.66. The molecule has 1 aromatic carbocycles. The topological polar surface area (TPSA) is 72.2 Å². The summed E-state index contributed by atoms with van der Waals surface area (Å²) in [5.41, 5.74) is 4.96. The van der Waals surface area contributed by atoms with Crippen molar-refractivity contribution in [3.63, 3.8) is 0 Å². The van der Waals surface area contributed by atoms with E-state index >= 15 is 0 Å². The second kappa shape index (κ2) is 6.17. The lowest BCUT2D eigenvalue weighted by molar-refractivity contribution is 0.363. The molecule has 0 saturated carbocycles. The van der Waals surface area contributed by atoms with E-state index in [1.54, 1.807) is 0 Å². The van der Waals surface area contributed by atoms with Crippen LogP contribution in [0, 0.1) is 5.82 Å². The molecule has 0 spiro atoms. The first kappa shape index (κ1) is 16.4. The average Bonchev–Trinajstić information content (AvgIpc) is 2.39. The summed E-state index contributed by atoms with van der Waals surface area (Å²) in [7, 11) is -3.77. The van der Waals surface area contributed by atoms with Crippen LogP contribution in [0.15, 0.2) is 23.1 Å². The van der Waals surface area contributed by atoms with Crippen molar-refractivity contribution < 1.29 is 12.8 Å². The molecule has 1 aromatic rings. The number of hydrogen-bond acceptors (Lipinski definition) is 3. The van der Waals surface area contributed by atoms with Gasteiger partial charge in [0.1, 0.15) is 5.82 Å². The zero-order valence-corrected chi connectivity index (χ0v) is 12.5. The molecule has 0 aromatic heterocycles. The summed E-state index contributed by atoms with van der Waals surface area (Å²) in [6, 6.07) is 3.29. The van der Waals surface area contributed by atoms with Crippen LogP contribution in [-0.2, 0) is 10.0 Å². The number of benzene rings is 1. The Labute approximate surface area is 118 Å². The van der Waals surface area contributed by atoms with Crippen molar-refractivity contribution in [2.75, 3.05) is 6.54 Å². The van der Waals surface area contributed by atoms with Crippen LogP contribution >= 0.6 is 11.6 Å². The maximum Gasteiger partial charge on any atom is 0.241 e. The van der Waals surface area contributed by atoms with E-state index in [4.69, 9.17) is 17.3 Å². The Morgan fingerprint density at radius 2 is 1.95 bits per heavy atom. The van der Waals surface area contributed by atoms with Crippen molar-refractivity contribution in [1.29, 1.82) is 0 Å². The van der Waals surface area contributed by atoms with Gasteiger partial charge in [-0.3, -0.25) is 0 Å². The molecule has 0 aliphatic rings. The third-order valence-electron chi connectivity index (χ3n) is 3.30. The van der Waals surface area contributed by atoms with Crippen LogP contribution in [0.4, 0.5) is 4.39 Å². The summed E-state index contributed by atoms with van der Waals surface area (Å²) in [4.78, 5) is -0.0707. The molecule has 0 fully saturated rings. The summed E-state index contributed by atoms with van der Waals surface area (Å²) in [5, 5.41) is -0.228. The fourth-order valence-electron chi connectivity index (χ4n) is 1.71. The Balaban J connectivity index is 3.14. The van der Waals surface area contributed by atoms with E-state index < -0.39 is 21.4 Å².